The number of carbonyl (C=O) groups is 2. The Morgan fingerprint density at radius 3 is 1.17 bits per heavy atom. The first-order chi connectivity index (χ1) is 14.4. The van der Waals surface area contributed by atoms with Gasteiger partial charge in [0.15, 0.2) is 10.1 Å². The second-order valence-electron chi connectivity index (χ2n) is 5.93. The zero-order valence-corrected chi connectivity index (χ0v) is 15.3. The Labute approximate surface area is 169 Å². The molecule has 3 aromatic rings. The smallest absolute Gasteiger partial charge is 0.262 e. The molecule has 3 rings (SSSR count). The van der Waals surface area contributed by atoms with E-state index in [1.54, 1.807) is 12.1 Å². The van der Waals surface area contributed by atoms with Gasteiger partial charge in [0.25, 0.3) is 0 Å². The molecular formula is C20H14N4O6. The Morgan fingerprint density at radius 1 is 0.567 bits per heavy atom. The van der Waals surface area contributed by atoms with Crippen LogP contribution in [0.25, 0.3) is 0 Å². The molecule has 0 spiro atoms. The SMILES string of the molecule is O=C(c1ccccc1)N(c1ccccc1N(C(=O)c1ccccc1)[N+](=O)[O-])[N+](=O)[O-]. The Hall–Kier alpha value is -4.60. The first kappa shape index (κ1) is 20.1. The van der Waals surface area contributed by atoms with Crippen LogP contribution in [0, 0.1) is 20.2 Å². The first-order valence-electron chi connectivity index (χ1n) is 8.58. The molecule has 0 heterocycles. The van der Waals surface area contributed by atoms with E-state index < -0.39 is 33.3 Å². The van der Waals surface area contributed by atoms with Crippen LogP contribution >= 0.6 is 0 Å². The Balaban J connectivity index is 2.13. The molecule has 0 N–H and O–H groups in total. The van der Waals surface area contributed by atoms with Gasteiger partial charge in [-0.25, -0.2) is 20.2 Å². The minimum Gasteiger partial charge on any atom is -0.262 e. The van der Waals surface area contributed by atoms with Gasteiger partial charge in [0.2, 0.25) is 0 Å². The third kappa shape index (κ3) is 3.97. The maximum Gasteiger partial charge on any atom is 0.320 e. The van der Waals surface area contributed by atoms with E-state index in [0.717, 1.165) is 12.1 Å². The van der Waals surface area contributed by atoms with Crippen LogP contribution < -0.4 is 10.0 Å². The number of carbonyl (C=O) groups excluding carboxylic acids is 2. The van der Waals surface area contributed by atoms with E-state index >= 15 is 0 Å². The minimum absolute atomic E-state index is 0.00559. The van der Waals surface area contributed by atoms with Crippen molar-refractivity contribution >= 4 is 23.2 Å². The highest BCUT2D eigenvalue weighted by atomic mass is 16.7. The van der Waals surface area contributed by atoms with Gasteiger partial charge in [-0.2, -0.15) is 0 Å². The number of nitrogens with zero attached hydrogens (tertiary/aromatic N) is 4. The molecule has 0 fully saturated rings. The van der Waals surface area contributed by atoms with Crippen molar-refractivity contribution in [3.05, 3.63) is 116 Å². The highest BCUT2D eigenvalue weighted by molar-refractivity contribution is 6.10. The van der Waals surface area contributed by atoms with Crippen LogP contribution in [0.5, 0.6) is 0 Å². The largest absolute Gasteiger partial charge is 0.320 e. The van der Waals surface area contributed by atoms with Gasteiger partial charge in [-0.1, -0.05) is 48.5 Å². The molecule has 0 aliphatic rings. The number of amides is 2. The predicted molar refractivity (Wildman–Crippen MR) is 107 cm³/mol. The fourth-order valence-corrected chi connectivity index (χ4v) is 2.77. The van der Waals surface area contributed by atoms with Crippen LogP contribution in [-0.2, 0) is 0 Å². The van der Waals surface area contributed by atoms with E-state index in [9.17, 15) is 29.8 Å². The second-order valence-corrected chi connectivity index (χ2v) is 5.93. The molecule has 150 valence electrons. The van der Waals surface area contributed by atoms with Crippen molar-refractivity contribution in [2.24, 2.45) is 0 Å². The van der Waals surface area contributed by atoms with E-state index in [2.05, 4.69) is 0 Å². The molecular weight excluding hydrogens is 392 g/mol. The average Bonchev–Trinajstić information content (AvgIpc) is 2.75. The van der Waals surface area contributed by atoms with Crippen molar-refractivity contribution in [2.45, 2.75) is 0 Å². The molecule has 0 aliphatic heterocycles. The summed E-state index contributed by atoms with van der Waals surface area (Å²) in [5.74, 6) is -2.02. The van der Waals surface area contributed by atoms with Crippen LogP contribution in [0.3, 0.4) is 0 Å². The summed E-state index contributed by atoms with van der Waals surface area (Å²) in [6, 6.07) is 20.0. The third-order valence-electron chi connectivity index (χ3n) is 4.09. The van der Waals surface area contributed by atoms with Crippen molar-refractivity contribution in [3.8, 4) is 0 Å². The van der Waals surface area contributed by atoms with Crippen LogP contribution in [0.2, 0.25) is 0 Å². The third-order valence-corrected chi connectivity index (χ3v) is 4.09. The first-order valence-corrected chi connectivity index (χ1v) is 8.58. The summed E-state index contributed by atoms with van der Waals surface area (Å²) in [5.41, 5.74) is -0.827. The minimum atomic E-state index is -1.01. The summed E-state index contributed by atoms with van der Waals surface area (Å²) in [5, 5.41) is 21.9. The van der Waals surface area contributed by atoms with E-state index in [0.29, 0.717) is 0 Å². The van der Waals surface area contributed by atoms with Crippen molar-refractivity contribution in [1.29, 1.82) is 0 Å². The van der Waals surface area contributed by atoms with E-state index in [-0.39, 0.29) is 21.1 Å². The summed E-state index contributed by atoms with van der Waals surface area (Å²) in [7, 11) is 0. The summed E-state index contributed by atoms with van der Waals surface area (Å²) >= 11 is 0. The normalized spacial score (nSPS) is 10.1. The quantitative estimate of drug-likeness (QED) is 0.456. The Kier molecular flexibility index (Phi) is 5.78. The molecule has 3 aromatic carbocycles. The molecule has 0 aliphatic carbocycles. The lowest BCUT2D eigenvalue weighted by atomic mass is 10.1. The van der Waals surface area contributed by atoms with Gasteiger partial charge in [0.05, 0.1) is 0 Å². The van der Waals surface area contributed by atoms with Crippen molar-refractivity contribution in [2.75, 3.05) is 10.0 Å². The lowest BCUT2D eigenvalue weighted by molar-refractivity contribution is -0.485. The van der Waals surface area contributed by atoms with Gasteiger partial charge in [0, 0.05) is 11.1 Å². The molecule has 30 heavy (non-hydrogen) atoms. The topological polar surface area (TPSA) is 127 Å². The number of anilines is 2. The Bertz CT molecular complexity index is 1020. The molecule has 2 amide bonds. The summed E-state index contributed by atoms with van der Waals surface area (Å²) in [6.07, 6.45) is 0. The molecule has 10 heteroatoms. The zero-order valence-electron chi connectivity index (χ0n) is 15.3. The molecule has 0 radical (unpaired) electrons. The number of hydrazine groups is 2. The molecule has 10 nitrogen and oxygen atoms in total. The molecule has 0 bridgehead atoms. The van der Waals surface area contributed by atoms with E-state index in [1.807, 2.05) is 0 Å². The van der Waals surface area contributed by atoms with Gasteiger partial charge in [-0.05, 0) is 46.4 Å². The van der Waals surface area contributed by atoms with Gasteiger partial charge in [-0.15, -0.1) is 0 Å². The zero-order chi connectivity index (χ0) is 21.7. The Morgan fingerprint density at radius 2 is 0.867 bits per heavy atom. The fourth-order valence-electron chi connectivity index (χ4n) is 2.77. The second kappa shape index (κ2) is 8.61. The van der Waals surface area contributed by atoms with E-state index in [4.69, 9.17) is 0 Å². The summed E-state index contributed by atoms with van der Waals surface area (Å²) in [6.45, 7) is 0. The molecule has 0 aromatic heterocycles. The summed E-state index contributed by atoms with van der Waals surface area (Å²) < 4.78 is 0. The molecule has 0 saturated heterocycles. The maximum absolute atomic E-state index is 12.8. The molecule has 0 saturated carbocycles. The highest BCUT2D eigenvalue weighted by Gasteiger charge is 2.37. The van der Waals surface area contributed by atoms with E-state index in [1.165, 1.54) is 60.7 Å². The van der Waals surface area contributed by atoms with Crippen molar-refractivity contribution in [1.82, 2.24) is 0 Å². The fraction of sp³-hybridized carbons (Fsp3) is 0. The molecule has 0 atom stereocenters. The number of nitro groups is 2. The van der Waals surface area contributed by atoms with Crippen LogP contribution in [0.4, 0.5) is 11.4 Å². The highest BCUT2D eigenvalue weighted by Crippen LogP contribution is 2.31. The number of hydrogen-bond acceptors (Lipinski definition) is 6. The van der Waals surface area contributed by atoms with Crippen LogP contribution in [-0.4, -0.2) is 21.9 Å². The number of hydrogen-bond donors (Lipinski definition) is 0. The van der Waals surface area contributed by atoms with Crippen LogP contribution in [0.15, 0.2) is 84.9 Å². The molecule has 0 unspecified atom stereocenters. The van der Waals surface area contributed by atoms with Gasteiger partial charge >= 0.3 is 11.8 Å². The number of para-hydroxylation sites is 2. The lowest BCUT2D eigenvalue weighted by Gasteiger charge is -2.19. The number of benzene rings is 3. The number of rotatable bonds is 6. The monoisotopic (exact) mass is 406 g/mol. The van der Waals surface area contributed by atoms with Crippen LogP contribution in [0.1, 0.15) is 20.7 Å². The standard InChI is InChI=1S/C20H14N4O6/c25-19(15-9-3-1-4-10-15)21(23(27)28)17-13-7-8-14-18(17)22(24(29)30)20(26)16-11-5-2-6-12-16/h1-14H. The van der Waals surface area contributed by atoms with Crippen molar-refractivity contribution < 1.29 is 19.7 Å². The van der Waals surface area contributed by atoms with Gasteiger partial charge in [-0.3, -0.25) is 9.59 Å². The average molecular weight is 406 g/mol. The van der Waals surface area contributed by atoms with Gasteiger partial charge < -0.3 is 0 Å². The lowest BCUT2D eigenvalue weighted by Crippen LogP contribution is -2.41. The maximum atomic E-state index is 12.8. The summed E-state index contributed by atoms with van der Waals surface area (Å²) in [4.78, 5) is 49.0. The van der Waals surface area contributed by atoms with Gasteiger partial charge in [0.1, 0.15) is 11.4 Å². The predicted octanol–water partition coefficient (Wildman–Crippen LogP) is 3.36. The van der Waals surface area contributed by atoms with Crippen molar-refractivity contribution in [3.63, 3.8) is 0 Å².